The zero-order valence-electron chi connectivity index (χ0n) is 17.4. The van der Waals surface area contributed by atoms with Crippen LogP contribution in [0.5, 0.6) is 0 Å². The van der Waals surface area contributed by atoms with Crippen molar-refractivity contribution in [2.24, 2.45) is 0 Å². The van der Waals surface area contributed by atoms with Crippen LogP contribution in [-0.4, -0.2) is 71.5 Å². The average molecular weight is 394 g/mol. The fraction of sp³-hybridized carbons (Fsp3) is 0.522. The van der Waals surface area contributed by atoms with Gasteiger partial charge in [0.1, 0.15) is 11.5 Å². The number of hydrogen-bond acceptors (Lipinski definition) is 5. The van der Waals surface area contributed by atoms with E-state index in [-0.39, 0.29) is 5.91 Å². The molecular weight excluding hydrogens is 362 g/mol. The van der Waals surface area contributed by atoms with Crippen molar-refractivity contribution in [1.29, 1.82) is 0 Å². The third kappa shape index (κ3) is 4.75. The van der Waals surface area contributed by atoms with Crippen LogP contribution in [0.1, 0.15) is 43.1 Å². The van der Waals surface area contributed by atoms with Crippen LogP contribution >= 0.6 is 0 Å². The fourth-order valence-electron chi connectivity index (χ4n) is 4.15. The van der Waals surface area contributed by atoms with Crippen LogP contribution in [0.4, 0.5) is 5.82 Å². The summed E-state index contributed by atoms with van der Waals surface area (Å²) in [5.41, 5.74) is 1.47. The number of aromatic nitrogens is 2. The van der Waals surface area contributed by atoms with Crippen LogP contribution in [-0.2, 0) is 0 Å². The minimum absolute atomic E-state index is 0.0245. The molecule has 0 saturated carbocycles. The topological polar surface area (TPSA) is 52.6 Å². The molecule has 0 spiro atoms. The van der Waals surface area contributed by atoms with E-state index in [0.717, 1.165) is 57.2 Å². The van der Waals surface area contributed by atoms with Crippen molar-refractivity contribution < 1.29 is 4.79 Å². The van der Waals surface area contributed by atoms with Gasteiger partial charge in [0.25, 0.3) is 5.91 Å². The van der Waals surface area contributed by atoms with Gasteiger partial charge < -0.3 is 14.7 Å². The molecule has 2 aliphatic heterocycles. The first-order valence-electron chi connectivity index (χ1n) is 11.0. The molecule has 0 atom stereocenters. The predicted molar refractivity (Wildman–Crippen MR) is 116 cm³/mol. The van der Waals surface area contributed by atoms with E-state index in [1.165, 1.54) is 25.7 Å². The summed E-state index contributed by atoms with van der Waals surface area (Å²) < 4.78 is 0. The van der Waals surface area contributed by atoms with Gasteiger partial charge in [0.05, 0.1) is 0 Å². The monoisotopic (exact) mass is 393 g/mol. The smallest absolute Gasteiger partial charge is 0.272 e. The number of likely N-dealkylation sites (N-methyl/N-ethyl adjacent to an activating group) is 1. The molecule has 2 fully saturated rings. The van der Waals surface area contributed by atoms with Gasteiger partial charge in [0, 0.05) is 50.9 Å². The quantitative estimate of drug-likeness (QED) is 0.798. The lowest BCUT2D eigenvalue weighted by molar-refractivity contribution is 0.0637. The Bertz CT molecular complexity index is 809. The van der Waals surface area contributed by atoms with E-state index in [1.54, 1.807) is 0 Å². The first-order chi connectivity index (χ1) is 14.2. The molecule has 2 saturated heterocycles. The van der Waals surface area contributed by atoms with Gasteiger partial charge in [-0.2, -0.15) is 0 Å². The van der Waals surface area contributed by atoms with E-state index in [1.807, 2.05) is 41.3 Å². The van der Waals surface area contributed by atoms with Gasteiger partial charge in [0.2, 0.25) is 0 Å². The molecule has 6 heteroatoms. The minimum Gasteiger partial charge on any atom is -0.356 e. The summed E-state index contributed by atoms with van der Waals surface area (Å²) in [7, 11) is 0. The molecule has 0 aliphatic carbocycles. The van der Waals surface area contributed by atoms with Crippen LogP contribution < -0.4 is 4.90 Å². The Morgan fingerprint density at radius 1 is 0.897 bits per heavy atom. The Hall–Kier alpha value is -2.47. The number of carbonyl (C=O) groups is 1. The third-order valence-electron chi connectivity index (χ3n) is 6.00. The largest absolute Gasteiger partial charge is 0.356 e. The summed E-state index contributed by atoms with van der Waals surface area (Å²) in [5, 5.41) is 0. The zero-order chi connectivity index (χ0) is 20.1. The maximum Gasteiger partial charge on any atom is 0.272 e. The maximum absolute atomic E-state index is 13.3. The van der Waals surface area contributed by atoms with Crippen molar-refractivity contribution in [1.82, 2.24) is 19.8 Å². The van der Waals surface area contributed by atoms with Crippen molar-refractivity contribution in [3.05, 3.63) is 42.1 Å². The molecule has 0 bridgehead atoms. The molecular formula is C23H31N5O. The van der Waals surface area contributed by atoms with Gasteiger partial charge in [-0.15, -0.1) is 0 Å². The molecule has 2 aromatic rings. The standard InChI is InChI=1S/C23H31N5O/c1-2-26-14-16-28(17-15-26)23(29)20-18-21(27-12-8-3-4-9-13-27)25-22(24-20)19-10-6-5-7-11-19/h5-7,10-11,18H,2-4,8-9,12-17H2,1H3. The first kappa shape index (κ1) is 19.8. The lowest BCUT2D eigenvalue weighted by atomic mass is 10.2. The number of nitrogens with zero attached hydrogens (tertiary/aromatic N) is 5. The second-order valence-corrected chi connectivity index (χ2v) is 7.93. The van der Waals surface area contributed by atoms with Crippen LogP contribution in [0.15, 0.2) is 36.4 Å². The Balaban J connectivity index is 1.65. The van der Waals surface area contributed by atoms with Crippen LogP contribution in [0.3, 0.4) is 0 Å². The van der Waals surface area contributed by atoms with Crippen molar-refractivity contribution in [3.8, 4) is 11.4 Å². The Labute approximate surface area is 173 Å². The van der Waals surface area contributed by atoms with Crippen LogP contribution in [0.25, 0.3) is 11.4 Å². The number of benzene rings is 1. The fourth-order valence-corrected chi connectivity index (χ4v) is 4.15. The molecule has 1 aromatic heterocycles. The van der Waals surface area contributed by atoms with Gasteiger partial charge in [-0.25, -0.2) is 9.97 Å². The first-order valence-corrected chi connectivity index (χ1v) is 11.0. The maximum atomic E-state index is 13.3. The SMILES string of the molecule is CCN1CCN(C(=O)c2cc(N3CCCCCC3)nc(-c3ccccc3)n2)CC1. The van der Waals surface area contributed by atoms with Crippen LogP contribution in [0, 0.1) is 0 Å². The highest BCUT2D eigenvalue weighted by Crippen LogP contribution is 2.23. The third-order valence-corrected chi connectivity index (χ3v) is 6.00. The van der Waals surface area contributed by atoms with E-state index >= 15 is 0 Å². The lowest BCUT2D eigenvalue weighted by Crippen LogP contribution is -2.48. The summed E-state index contributed by atoms with van der Waals surface area (Å²) in [6, 6.07) is 11.9. The number of amides is 1. The lowest BCUT2D eigenvalue weighted by Gasteiger charge is -2.34. The van der Waals surface area contributed by atoms with Crippen molar-refractivity contribution in [2.75, 3.05) is 50.7 Å². The highest BCUT2D eigenvalue weighted by molar-refractivity contribution is 5.93. The molecule has 4 rings (SSSR count). The molecule has 29 heavy (non-hydrogen) atoms. The summed E-state index contributed by atoms with van der Waals surface area (Å²) in [5.74, 6) is 1.55. The number of hydrogen-bond donors (Lipinski definition) is 0. The van der Waals surface area contributed by atoms with Crippen molar-refractivity contribution in [3.63, 3.8) is 0 Å². The van der Waals surface area contributed by atoms with Gasteiger partial charge in [0.15, 0.2) is 5.82 Å². The van der Waals surface area contributed by atoms with E-state index in [0.29, 0.717) is 11.5 Å². The van der Waals surface area contributed by atoms with E-state index in [9.17, 15) is 4.79 Å². The molecule has 2 aliphatic rings. The summed E-state index contributed by atoms with van der Waals surface area (Å²) in [6.45, 7) is 8.57. The summed E-state index contributed by atoms with van der Waals surface area (Å²) in [4.78, 5) is 29.5. The highest BCUT2D eigenvalue weighted by Gasteiger charge is 2.24. The zero-order valence-corrected chi connectivity index (χ0v) is 17.4. The molecule has 3 heterocycles. The van der Waals surface area contributed by atoms with E-state index < -0.39 is 0 Å². The second kappa shape index (κ2) is 9.35. The number of piperazine rings is 1. The van der Waals surface area contributed by atoms with Gasteiger partial charge in [-0.3, -0.25) is 4.79 Å². The van der Waals surface area contributed by atoms with Crippen LogP contribution in [0.2, 0.25) is 0 Å². The highest BCUT2D eigenvalue weighted by atomic mass is 16.2. The molecule has 1 aromatic carbocycles. The van der Waals surface area contributed by atoms with Crippen molar-refractivity contribution in [2.45, 2.75) is 32.6 Å². The molecule has 0 N–H and O–H groups in total. The second-order valence-electron chi connectivity index (χ2n) is 7.93. The number of anilines is 1. The van der Waals surface area contributed by atoms with Gasteiger partial charge in [-0.1, -0.05) is 50.1 Å². The van der Waals surface area contributed by atoms with Gasteiger partial charge in [-0.05, 0) is 19.4 Å². The van der Waals surface area contributed by atoms with Gasteiger partial charge >= 0.3 is 0 Å². The molecule has 0 radical (unpaired) electrons. The van der Waals surface area contributed by atoms with E-state index in [4.69, 9.17) is 9.97 Å². The molecule has 6 nitrogen and oxygen atoms in total. The minimum atomic E-state index is 0.0245. The molecule has 154 valence electrons. The molecule has 0 unspecified atom stereocenters. The Kier molecular flexibility index (Phi) is 6.39. The Morgan fingerprint density at radius 2 is 1.59 bits per heavy atom. The number of rotatable bonds is 4. The number of carbonyl (C=O) groups excluding carboxylic acids is 1. The van der Waals surface area contributed by atoms with E-state index in [2.05, 4.69) is 16.7 Å². The normalized spacial score (nSPS) is 18.5. The predicted octanol–water partition coefficient (Wildman–Crippen LogP) is 3.30. The average Bonchev–Trinajstić information content (AvgIpc) is 3.09. The summed E-state index contributed by atoms with van der Waals surface area (Å²) >= 11 is 0. The molecule has 1 amide bonds. The Morgan fingerprint density at radius 3 is 2.24 bits per heavy atom. The summed E-state index contributed by atoms with van der Waals surface area (Å²) in [6.07, 6.45) is 4.88. The van der Waals surface area contributed by atoms with Crippen molar-refractivity contribution >= 4 is 11.7 Å².